The van der Waals surface area contributed by atoms with Crippen LogP contribution in [-0.2, 0) is 6.54 Å². The van der Waals surface area contributed by atoms with Gasteiger partial charge in [-0.25, -0.2) is 4.98 Å². The third-order valence-corrected chi connectivity index (χ3v) is 4.13. The molecule has 0 spiro atoms. The summed E-state index contributed by atoms with van der Waals surface area (Å²) in [5, 5.41) is 4.30. The van der Waals surface area contributed by atoms with E-state index < -0.39 is 0 Å². The van der Waals surface area contributed by atoms with Gasteiger partial charge in [-0.05, 0) is 30.7 Å². The topological polar surface area (TPSA) is 24.9 Å². The summed E-state index contributed by atoms with van der Waals surface area (Å²) in [6.45, 7) is 2.77. The first-order chi connectivity index (χ1) is 7.65. The largest absolute Gasteiger partial charge is 0.379 e. The van der Waals surface area contributed by atoms with Crippen LogP contribution in [0.3, 0.4) is 0 Å². The summed E-state index contributed by atoms with van der Waals surface area (Å²) in [6, 6.07) is 6.16. The maximum atomic E-state index is 5.81. The predicted octanol–water partition coefficient (Wildman–Crippen LogP) is 4.48. The fourth-order valence-electron chi connectivity index (χ4n) is 1.30. The number of nitrogens with one attached hydrogen (secondary N) is 1. The number of aryl methyl sites for hydroxylation is 1. The summed E-state index contributed by atoms with van der Waals surface area (Å²) in [5.41, 5.74) is 2.30. The average molecular weight is 318 g/mol. The molecule has 1 aromatic carbocycles. The lowest BCUT2D eigenvalue weighted by Gasteiger charge is -2.06. The Balaban J connectivity index is 2.02. The number of hydrogen-bond acceptors (Lipinski definition) is 3. The second kappa shape index (κ2) is 5.17. The Kier molecular flexibility index (Phi) is 3.84. The number of nitrogens with zero attached hydrogens (tertiary/aromatic N) is 1. The third kappa shape index (κ3) is 2.97. The standard InChI is InChI=1S/C11H10BrClN2S/c1-7-4-8(2-3-9(7)12)14-6-11-15-5-10(13)16-11/h2-5,14H,6H2,1H3. The van der Waals surface area contributed by atoms with Crippen LogP contribution in [0.5, 0.6) is 0 Å². The van der Waals surface area contributed by atoms with Gasteiger partial charge >= 0.3 is 0 Å². The third-order valence-electron chi connectivity index (χ3n) is 2.13. The molecule has 0 unspecified atom stereocenters. The summed E-state index contributed by atoms with van der Waals surface area (Å²) in [7, 11) is 0. The fourth-order valence-corrected chi connectivity index (χ4v) is 2.44. The number of halogens is 2. The zero-order valence-corrected chi connectivity index (χ0v) is 11.8. The molecule has 2 rings (SSSR count). The van der Waals surface area contributed by atoms with Crippen molar-refractivity contribution in [3.63, 3.8) is 0 Å². The number of aromatic nitrogens is 1. The molecule has 84 valence electrons. The monoisotopic (exact) mass is 316 g/mol. The van der Waals surface area contributed by atoms with Crippen molar-refractivity contribution >= 4 is 44.6 Å². The molecule has 0 aliphatic rings. The quantitative estimate of drug-likeness (QED) is 0.903. The van der Waals surface area contributed by atoms with Gasteiger partial charge in [-0.3, -0.25) is 0 Å². The molecular formula is C11H10BrClN2S. The predicted molar refractivity (Wildman–Crippen MR) is 73.3 cm³/mol. The van der Waals surface area contributed by atoms with E-state index in [-0.39, 0.29) is 0 Å². The molecule has 0 saturated carbocycles. The number of benzene rings is 1. The molecule has 0 atom stereocenters. The smallest absolute Gasteiger partial charge is 0.113 e. The van der Waals surface area contributed by atoms with E-state index >= 15 is 0 Å². The molecule has 1 N–H and O–H groups in total. The van der Waals surface area contributed by atoms with Crippen LogP contribution in [0.25, 0.3) is 0 Å². The Morgan fingerprint density at radius 3 is 2.94 bits per heavy atom. The van der Waals surface area contributed by atoms with Crippen molar-refractivity contribution in [1.29, 1.82) is 0 Å². The van der Waals surface area contributed by atoms with Crippen LogP contribution in [0, 0.1) is 6.92 Å². The number of thiazole rings is 1. The number of anilines is 1. The van der Waals surface area contributed by atoms with E-state index in [1.807, 2.05) is 12.1 Å². The van der Waals surface area contributed by atoms with Gasteiger partial charge in [0.2, 0.25) is 0 Å². The van der Waals surface area contributed by atoms with Gasteiger partial charge in [-0.1, -0.05) is 27.5 Å². The minimum atomic E-state index is 0.707. The Bertz CT molecular complexity index is 498. The van der Waals surface area contributed by atoms with Crippen molar-refractivity contribution in [2.24, 2.45) is 0 Å². The van der Waals surface area contributed by atoms with Crippen LogP contribution in [0.4, 0.5) is 5.69 Å². The van der Waals surface area contributed by atoms with E-state index in [9.17, 15) is 0 Å². The lowest BCUT2D eigenvalue weighted by molar-refractivity contribution is 1.10. The van der Waals surface area contributed by atoms with Gasteiger partial charge in [0.1, 0.15) is 9.34 Å². The molecule has 1 heterocycles. The van der Waals surface area contributed by atoms with Gasteiger partial charge < -0.3 is 5.32 Å². The maximum absolute atomic E-state index is 5.81. The van der Waals surface area contributed by atoms with Gasteiger partial charge in [0, 0.05) is 10.2 Å². The van der Waals surface area contributed by atoms with E-state index in [2.05, 4.69) is 39.2 Å². The van der Waals surface area contributed by atoms with Crippen LogP contribution < -0.4 is 5.32 Å². The van der Waals surface area contributed by atoms with Gasteiger partial charge in [0.15, 0.2) is 0 Å². The molecule has 5 heteroatoms. The molecule has 0 bridgehead atoms. The van der Waals surface area contributed by atoms with Crippen molar-refractivity contribution in [3.8, 4) is 0 Å². The Labute approximate surface area is 112 Å². The highest BCUT2D eigenvalue weighted by Gasteiger charge is 2.01. The van der Waals surface area contributed by atoms with Crippen LogP contribution in [0.15, 0.2) is 28.9 Å². The molecule has 0 aliphatic carbocycles. The molecule has 1 aromatic heterocycles. The second-order valence-electron chi connectivity index (χ2n) is 3.38. The SMILES string of the molecule is Cc1cc(NCc2ncc(Cl)s2)ccc1Br. The summed E-state index contributed by atoms with van der Waals surface area (Å²) in [6.07, 6.45) is 1.68. The first-order valence-corrected chi connectivity index (χ1v) is 6.74. The molecule has 0 saturated heterocycles. The first kappa shape index (κ1) is 11.9. The zero-order chi connectivity index (χ0) is 11.5. The van der Waals surface area contributed by atoms with Gasteiger partial charge in [-0.2, -0.15) is 0 Å². The first-order valence-electron chi connectivity index (χ1n) is 4.75. The van der Waals surface area contributed by atoms with E-state index in [1.54, 1.807) is 6.20 Å². The Morgan fingerprint density at radius 2 is 2.31 bits per heavy atom. The van der Waals surface area contributed by atoms with E-state index in [4.69, 9.17) is 11.6 Å². The maximum Gasteiger partial charge on any atom is 0.113 e. The van der Waals surface area contributed by atoms with Gasteiger partial charge in [-0.15, -0.1) is 11.3 Å². The van der Waals surface area contributed by atoms with Crippen molar-refractivity contribution in [1.82, 2.24) is 4.98 Å². The normalized spacial score (nSPS) is 10.4. The van der Waals surface area contributed by atoms with E-state index in [1.165, 1.54) is 16.9 Å². The van der Waals surface area contributed by atoms with E-state index in [0.717, 1.165) is 19.5 Å². The molecule has 0 fully saturated rings. The van der Waals surface area contributed by atoms with E-state index in [0.29, 0.717) is 6.54 Å². The van der Waals surface area contributed by atoms with Crippen molar-refractivity contribution in [2.75, 3.05) is 5.32 Å². The molecule has 0 aliphatic heterocycles. The van der Waals surface area contributed by atoms with Crippen LogP contribution in [-0.4, -0.2) is 4.98 Å². The fraction of sp³-hybridized carbons (Fsp3) is 0.182. The van der Waals surface area contributed by atoms with Crippen molar-refractivity contribution in [3.05, 3.63) is 43.8 Å². The van der Waals surface area contributed by atoms with Gasteiger partial charge in [0.05, 0.1) is 12.7 Å². The molecule has 2 aromatic rings. The Hall–Kier alpha value is -0.580. The van der Waals surface area contributed by atoms with Crippen molar-refractivity contribution in [2.45, 2.75) is 13.5 Å². The summed E-state index contributed by atoms with van der Waals surface area (Å²) in [4.78, 5) is 4.19. The molecule has 0 amide bonds. The molecule has 0 radical (unpaired) electrons. The lowest BCUT2D eigenvalue weighted by atomic mass is 10.2. The van der Waals surface area contributed by atoms with Crippen LogP contribution in [0.1, 0.15) is 10.6 Å². The minimum Gasteiger partial charge on any atom is -0.379 e. The highest BCUT2D eigenvalue weighted by molar-refractivity contribution is 9.10. The summed E-state index contributed by atoms with van der Waals surface area (Å²) < 4.78 is 1.85. The van der Waals surface area contributed by atoms with Crippen LogP contribution >= 0.6 is 38.9 Å². The van der Waals surface area contributed by atoms with Crippen LogP contribution in [0.2, 0.25) is 4.34 Å². The highest BCUT2D eigenvalue weighted by Crippen LogP contribution is 2.22. The molecule has 2 nitrogen and oxygen atoms in total. The summed E-state index contributed by atoms with van der Waals surface area (Å²) in [5.74, 6) is 0. The van der Waals surface area contributed by atoms with Crippen molar-refractivity contribution < 1.29 is 0 Å². The van der Waals surface area contributed by atoms with Gasteiger partial charge in [0.25, 0.3) is 0 Å². The average Bonchev–Trinajstić information content (AvgIpc) is 2.66. The summed E-state index contributed by atoms with van der Waals surface area (Å²) >= 11 is 10.8. The zero-order valence-electron chi connectivity index (χ0n) is 8.63. The lowest BCUT2D eigenvalue weighted by Crippen LogP contribution is -1.98. The highest BCUT2D eigenvalue weighted by atomic mass is 79.9. The molecule has 16 heavy (non-hydrogen) atoms. The number of rotatable bonds is 3. The number of hydrogen-bond donors (Lipinski definition) is 1. The second-order valence-corrected chi connectivity index (χ2v) is 5.98. The Morgan fingerprint density at radius 1 is 1.50 bits per heavy atom. The molecular weight excluding hydrogens is 308 g/mol. The minimum absolute atomic E-state index is 0.707.